The third kappa shape index (κ3) is 1.51. The summed E-state index contributed by atoms with van der Waals surface area (Å²) in [6.45, 7) is 0. The fourth-order valence-corrected chi connectivity index (χ4v) is 2.13. The molecular weight excluding hydrogens is 302 g/mol. The van der Waals surface area contributed by atoms with Gasteiger partial charge < -0.3 is 4.74 Å². The average molecular weight is 310 g/mol. The summed E-state index contributed by atoms with van der Waals surface area (Å²) in [5, 5.41) is 6.49. The van der Waals surface area contributed by atoms with Crippen molar-refractivity contribution in [1.82, 2.24) is 10.2 Å². The number of halogens is 2. The minimum atomic E-state index is -0.808. The van der Waals surface area contributed by atoms with Crippen molar-refractivity contribution in [3.63, 3.8) is 0 Å². The van der Waals surface area contributed by atoms with Gasteiger partial charge in [-0.25, -0.2) is 9.18 Å². The summed E-state index contributed by atoms with van der Waals surface area (Å²) >= 11 is 1.98. The number of nitrogens with zero attached hydrogens (tertiary/aromatic N) is 1. The lowest BCUT2D eigenvalue weighted by Crippen LogP contribution is -2.03. The molecule has 76 valence electrons. The lowest BCUT2D eigenvalue weighted by Gasteiger charge is -1.95. The number of aromatic nitrogens is 2. The molecule has 0 spiro atoms. The van der Waals surface area contributed by atoms with E-state index in [9.17, 15) is 9.18 Å². The average Bonchev–Trinajstić information content (AvgIpc) is 2.75. The van der Waals surface area contributed by atoms with Gasteiger partial charge in [-0.1, -0.05) is 0 Å². The number of esters is 1. The molecule has 0 aliphatic heterocycles. The Morgan fingerprint density at radius 2 is 2.43 bits per heavy atom. The molecule has 1 fully saturated rings. The van der Waals surface area contributed by atoms with E-state index in [2.05, 4.69) is 14.9 Å². The number of hydrogen-bond acceptors (Lipinski definition) is 3. The largest absolute Gasteiger partial charge is 0.464 e. The maximum absolute atomic E-state index is 12.8. The SMILES string of the molecule is COC(=O)c1[nH]nc(C2CC2F)c1I. The number of ether oxygens (including phenoxy) is 1. The molecular formula is C8H8FIN2O2. The Balaban J connectivity index is 2.28. The van der Waals surface area contributed by atoms with Crippen molar-refractivity contribution in [1.29, 1.82) is 0 Å². The van der Waals surface area contributed by atoms with Crippen molar-refractivity contribution in [2.75, 3.05) is 7.11 Å². The molecule has 1 aromatic heterocycles. The monoisotopic (exact) mass is 310 g/mol. The highest BCUT2D eigenvalue weighted by Gasteiger charge is 2.42. The molecule has 0 radical (unpaired) electrons. The van der Waals surface area contributed by atoms with Crippen LogP contribution in [0.25, 0.3) is 0 Å². The van der Waals surface area contributed by atoms with Gasteiger partial charge in [0.25, 0.3) is 0 Å². The summed E-state index contributed by atoms with van der Waals surface area (Å²) in [5.74, 6) is -0.610. The number of carbonyl (C=O) groups is 1. The minimum Gasteiger partial charge on any atom is -0.464 e. The third-order valence-corrected chi connectivity index (χ3v) is 3.28. The Bertz CT molecular complexity index is 379. The zero-order chi connectivity index (χ0) is 10.3. The highest BCUT2D eigenvalue weighted by Crippen LogP contribution is 2.44. The predicted octanol–water partition coefficient (Wildman–Crippen LogP) is 1.63. The number of alkyl halides is 1. The normalized spacial score (nSPS) is 24.8. The Labute approximate surface area is 93.3 Å². The molecule has 0 amide bonds. The van der Waals surface area contributed by atoms with Crippen molar-refractivity contribution in [2.45, 2.75) is 18.5 Å². The first-order chi connectivity index (χ1) is 6.65. The summed E-state index contributed by atoms with van der Waals surface area (Å²) in [7, 11) is 1.30. The zero-order valence-electron chi connectivity index (χ0n) is 7.38. The van der Waals surface area contributed by atoms with Gasteiger partial charge in [0.15, 0.2) is 5.69 Å². The van der Waals surface area contributed by atoms with Gasteiger partial charge in [-0.2, -0.15) is 5.10 Å². The molecule has 14 heavy (non-hydrogen) atoms. The zero-order valence-corrected chi connectivity index (χ0v) is 9.54. The Kier molecular flexibility index (Phi) is 2.46. The number of hydrogen-bond donors (Lipinski definition) is 1. The summed E-state index contributed by atoms with van der Waals surface area (Å²) in [4.78, 5) is 11.2. The van der Waals surface area contributed by atoms with Crippen LogP contribution in [-0.4, -0.2) is 29.4 Å². The second kappa shape index (κ2) is 3.48. The fourth-order valence-electron chi connectivity index (χ4n) is 1.27. The van der Waals surface area contributed by atoms with Crippen LogP contribution in [0.15, 0.2) is 0 Å². The van der Waals surface area contributed by atoms with Gasteiger partial charge in [0.05, 0.1) is 16.4 Å². The highest BCUT2D eigenvalue weighted by molar-refractivity contribution is 14.1. The van der Waals surface area contributed by atoms with Crippen LogP contribution in [-0.2, 0) is 4.74 Å². The van der Waals surface area contributed by atoms with Gasteiger partial charge in [-0.3, -0.25) is 5.10 Å². The van der Waals surface area contributed by atoms with Gasteiger partial charge in [0, 0.05) is 5.92 Å². The lowest BCUT2D eigenvalue weighted by molar-refractivity contribution is 0.0593. The van der Waals surface area contributed by atoms with Crippen LogP contribution in [0.2, 0.25) is 0 Å². The number of nitrogens with one attached hydrogen (secondary N) is 1. The maximum Gasteiger partial charge on any atom is 0.357 e. The summed E-state index contributed by atoms with van der Waals surface area (Å²) in [5.41, 5.74) is 0.945. The van der Waals surface area contributed by atoms with E-state index < -0.39 is 12.1 Å². The van der Waals surface area contributed by atoms with Gasteiger partial charge in [0.2, 0.25) is 0 Å². The third-order valence-electron chi connectivity index (χ3n) is 2.19. The van der Waals surface area contributed by atoms with E-state index in [4.69, 9.17) is 0 Å². The van der Waals surface area contributed by atoms with E-state index in [-0.39, 0.29) is 5.92 Å². The Hall–Kier alpha value is -0.660. The van der Waals surface area contributed by atoms with E-state index in [1.165, 1.54) is 7.11 Å². The van der Waals surface area contributed by atoms with Crippen molar-refractivity contribution >= 4 is 28.6 Å². The van der Waals surface area contributed by atoms with Crippen LogP contribution in [0.1, 0.15) is 28.5 Å². The molecule has 6 heteroatoms. The Morgan fingerprint density at radius 3 is 2.93 bits per heavy atom. The molecule has 1 saturated carbocycles. The van der Waals surface area contributed by atoms with Gasteiger partial charge >= 0.3 is 5.97 Å². The molecule has 4 nitrogen and oxygen atoms in total. The first kappa shape index (κ1) is 9.88. The van der Waals surface area contributed by atoms with Crippen LogP contribution in [0.3, 0.4) is 0 Å². The van der Waals surface area contributed by atoms with E-state index in [1.807, 2.05) is 22.6 Å². The van der Waals surface area contributed by atoms with E-state index in [0.717, 1.165) is 0 Å². The second-order valence-corrected chi connectivity index (χ2v) is 4.23. The van der Waals surface area contributed by atoms with Crippen LogP contribution >= 0.6 is 22.6 Å². The Morgan fingerprint density at radius 1 is 1.79 bits per heavy atom. The number of aromatic amines is 1. The number of carbonyl (C=O) groups excluding carboxylic acids is 1. The molecule has 1 aliphatic carbocycles. The molecule has 2 rings (SSSR count). The number of rotatable bonds is 2. The lowest BCUT2D eigenvalue weighted by atomic mass is 10.2. The highest BCUT2D eigenvalue weighted by atomic mass is 127. The van der Waals surface area contributed by atoms with Crippen molar-refractivity contribution in [3.8, 4) is 0 Å². The molecule has 1 aliphatic rings. The predicted molar refractivity (Wildman–Crippen MR) is 54.9 cm³/mol. The topological polar surface area (TPSA) is 55.0 Å². The molecule has 0 bridgehead atoms. The smallest absolute Gasteiger partial charge is 0.357 e. The van der Waals surface area contributed by atoms with E-state index in [1.54, 1.807) is 0 Å². The second-order valence-electron chi connectivity index (χ2n) is 3.15. The minimum absolute atomic E-state index is 0.142. The molecule has 1 heterocycles. The van der Waals surface area contributed by atoms with E-state index >= 15 is 0 Å². The summed E-state index contributed by atoms with van der Waals surface area (Å²) in [6.07, 6.45) is -0.307. The molecule has 2 atom stereocenters. The van der Waals surface area contributed by atoms with Crippen LogP contribution in [0, 0.1) is 3.57 Å². The van der Waals surface area contributed by atoms with Crippen molar-refractivity contribution < 1.29 is 13.9 Å². The molecule has 1 N–H and O–H groups in total. The van der Waals surface area contributed by atoms with Gasteiger partial charge in [-0.05, 0) is 29.0 Å². The van der Waals surface area contributed by atoms with Crippen LogP contribution in [0.4, 0.5) is 4.39 Å². The van der Waals surface area contributed by atoms with Crippen LogP contribution < -0.4 is 0 Å². The standard InChI is InChI=1S/C8H8FIN2O2/c1-14-8(13)7-5(10)6(11-12-7)3-2-4(3)9/h3-4H,2H2,1H3,(H,11,12). The molecule has 2 unspecified atom stereocenters. The van der Waals surface area contributed by atoms with Crippen molar-refractivity contribution in [3.05, 3.63) is 15.0 Å². The molecule has 1 aromatic rings. The quantitative estimate of drug-likeness (QED) is 0.667. The first-order valence-corrected chi connectivity index (χ1v) is 5.19. The summed E-state index contributed by atoms with van der Waals surface area (Å²) in [6, 6.07) is 0. The van der Waals surface area contributed by atoms with Crippen molar-refractivity contribution in [2.24, 2.45) is 0 Å². The fraction of sp³-hybridized carbons (Fsp3) is 0.500. The molecule has 0 aromatic carbocycles. The van der Waals surface area contributed by atoms with Gasteiger partial charge in [-0.15, -0.1) is 0 Å². The maximum atomic E-state index is 12.8. The van der Waals surface area contributed by atoms with Gasteiger partial charge in [0.1, 0.15) is 6.17 Å². The molecule has 0 saturated heterocycles. The van der Waals surface area contributed by atoms with Crippen LogP contribution in [0.5, 0.6) is 0 Å². The summed E-state index contributed by atoms with van der Waals surface area (Å²) < 4.78 is 18.0. The first-order valence-electron chi connectivity index (χ1n) is 4.11. The number of H-pyrrole nitrogens is 1. The van der Waals surface area contributed by atoms with E-state index in [0.29, 0.717) is 21.4 Å². The number of methoxy groups -OCH3 is 1.